The molecule has 1 aromatic carbocycles. The van der Waals surface area contributed by atoms with Crippen LogP contribution in [-0.2, 0) is 27.5 Å². The monoisotopic (exact) mass is 621 g/mol. The number of nitrogens with one attached hydrogen (secondary N) is 1. The molecule has 3 heterocycles. The van der Waals surface area contributed by atoms with Crippen LogP contribution in [0.25, 0.3) is 11.1 Å². The van der Waals surface area contributed by atoms with Gasteiger partial charge < -0.3 is 10.1 Å². The van der Waals surface area contributed by atoms with Crippen LogP contribution >= 0.6 is 0 Å². The summed E-state index contributed by atoms with van der Waals surface area (Å²) in [4.78, 5) is 23.1. The summed E-state index contributed by atoms with van der Waals surface area (Å²) < 4.78 is 122. The molecule has 3 atom stereocenters. The number of amides is 1. The quantitative estimate of drug-likeness (QED) is 0.381. The van der Waals surface area contributed by atoms with E-state index in [0.29, 0.717) is 18.6 Å². The highest BCUT2D eigenvalue weighted by Crippen LogP contribution is 2.36. The number of aromatic nitrogens is 3. The van der Waals surface area contributed by atoms with Gasteiger partial charge in [-0.1, -0.05) is 6.92 Å². The van der Waals surface area contributed by atoms with E-state index in [2.05, 4.69) is 25.0 Å². The van der Waals surface area contributed by atoms with Gasteiger partial charge in [0.2, 0.25) is 21.8 Å². The van der Waals surface area contributed by atoms with E-state index < -0.39 is 57.9 Å². The molecule has 1 aliphatic rings. The summed E-state index contributed by atoms with van der Waals surface area (Å²) in [7, 11) is -4.22. The third kappa shape index (κ3) is 6.78. The molecule has 3 aromatic rings. The first-order valence-electron chi connectivity index (χ1n) is 12.2. The Balaban J connectivity index is 1.59. The van der Waals surface area contributed by atoms with Gasteiger partial charge in [-0.25, -0.2) is 22.8 Å². The summed E-state index contributed by atoms with van der Waals surface area (Å²) in [5.41, 5.74) is -0.643. The van der Waals surface area contributed by atoms with Crippen LogP contribution in [0, 0.1) is 11.7 Å². The number of ether oxygens (including phenoxy) is 1. The van der Waals surface area contributed by atoms with Crippen LogP contribution in [0.15, 0.2) is 53.8 Å². The van der Waals surface area contributed by atoms with Crippen molar-refractivity contribution in [2.75, 3.05) is 0 Å². The Hall–Kier alpha value is -3.86. The molecule has 1 N–H and O–H groups in total. The highest BCUT2D eigenvalue weighted by molar-refractivity contribution is 7.89. The standard InChI is InChI=1S/C25H22F7N5O4S/c1-13-7-20(37(14(13)2)42(39,40)18-5-3-16(26)4-6-18)22(38)34-11-17-8-19(21(12-33-17)41-25(30,31)32)15-9-35-23(36-10-15)24(27,28)29/h3-6,8-10,12-14,20H,7,11H2,1-2H3,(H,34,38)/t13-,14+,20+/m1/s1. The zero-order valence-corrected chi connectivity index (χ0v) is 22.6. The number of rotatable bonds is 7. The Morgan fingerprint density at radius 3 is 2.21 bits per heavy atom. The number of pyridine rings is 1. The number of halogens is 7. The van der Waals surface area contributed by atoms with Crippen LogP contribution in [0.2, 0.25) is 0 Å². The smallest absolute Gasteiger partial charge is 0.403 e. The van der Waals surface area contributed by atoms with Crippen molar-refractivity contribution in [2.24, 2.45) is 5.92 Å². The molecule has 9 nitrogen and oxygen atoms in total. The van der Waals surface area contributed by atoms with Crippen LogP contribution in [0.5, 0.6) is 5.75 Å². The highest BCUT2D eigenvalue weighted by Gasteiger charge is 2.47. The van der Waals surface area contributed by atoms with Gasteiger partial charge in [0, 0.05) is 29.6 Å². The zero-order valence-electron chi connectivity index (χ0n) is 21.7. The molecule has 1 fully saturated rings. The molecular weight excluding hydrogens is 599 g/mol. The van der Waals surface area contributed by atoms with E-state index in [0.717, 1.165) is 34.6 Å². The minimum Gasteiger partial charge on any atom is -0.403 e. The molecular formula is C25H22F7N5O4S. The maximum absolute atomic E-state index is 13.4. The van der Waals surface area contributed by atoms with Gasteiger partial charge in [-0.3, -0.25) is 9.78 Å². The molecule has 1 aliphatic heterocycles. The van der Waals surface area contributed by atoms with E-state index in [9.17, 15) is 43.9 Å². The topological polar surface area (TPSA) is 114 Å². The molecule has 42 heavy (non-hydrogen) atoms. The van der Waals surface area contributed by atoms with Gasteiger partial charge in [0.1, 0.15) is 11.9 Å². The average molecular weight is 622 g/mol. The number of nitrogens with zero attached hydrogens (tertiary/aromatic N) is 4. The Morgan fingerprint density at radius 1 is 1.02 bits per heavy atom. The number of hydrogen-bond acceptors (Lipinski definition) is 7. The summed E-state index contributed by atoms with van der Waals surface area (Å²) >= 11 is 0. The lowest BCUT2D eigenvalue weighted by molar-refractivity contribution is -0.274. The van der Waals surface area contributed by atoms with E-state index in [1.54, 1.807) is 13.8 Å². The third-order valence-electron chi connectivity index (χ3n) is 6.63. The summed E-state index contributed by atoms with van der Waals surface area (Å²) in [5.74, 6) is -3.97. The fraction of sp³-hybridized carbons (Fsp3) is 0.360. The molecule has 0 aliphatic carbocycles. The largest absolute Gasteiger partial charge is 0.573 e. The van der Waals surface area contributed by atoms with E-state index in [4.69, 9.17) is 0 Å². The Labute approximate surface area is 234 Å². The maximum atomic E-state index is 13.4. The van der Waals surface area contributed by atoms with Gasteiger partial charge >= 0.3 is 12.5 Å². The van der Waals surface area contributed by atoms with Crippen LogP contribution < -0.4 is 10.1 Å². The van der Waals surface area contributed by atoms with Crippen LogP contribution in [-0.4, -0.2) is 52.0 Å². The lowest BCUT2D eigenvalue weighted by atomic mass is 10.0. The van der Waals surface area contributed by atoms with E-state index in [1.807, 2.05) is 0 Å². The SMILES string of the molecule is C[C@@H]1C[C@@H](C(=O)NCc2cc(-c3cnc(C(F)(F)F)nc3)c(OC(F)(F)F)cn2)N(S(=O)(=O)c2ccc(F)cc2)[C@H]1C. The predicted octanol–water partition coefficient (Wildman–Crippen LogP) is 4.70. The van der Waals surface area contributed by atoms with E-state index in [-0.39, 0.29) is 40.6 Å². The molecule has 2 aromatic heterocycles. The molecule has 226 valence electrons. The second-order valence-corrected chi connectivity index (χ2v) is 11.3. The van der Waals surface area contributed by atoms with Crippen molar-refractivity contribution in [1.82, 2.24) is 24.6 Å². The lowest BCUT2D eigenvalue weighted by Crippen LogP contribution is -2.48. The molecule has 17 heteroatoms. The van der Waals surface area contributed by atoms with Crippen molar-refractivity contribution < 1.29 is 48.7 Å². The van der Waals surface area contributed by atoms with Gasteiger partial charge in [-0.05, 0) is 49.6 Å². The van der Waals surface area contributed by atoms with Crippen LogP contribution in [0.3, 0.4) is 0 Å². The number of hydrogen-bond donors (Lipinski definition) is 1. The molecule has 1 amide bonds. The third-order valence-corrected chi connectivity index (χ3v) is 8.64. The van der Waals surface area contributed by atoms with E-state index >= 15 is 0 Å². The molecule has 0 bridgehead atoms. The molecule has 0 radical (unpaired) electrons. The van der Waals surface area contributed by atoms with Crippen molar-refractivity contribution in [2.45, 2.75) is 56.3 Å². The van der Waals surface area contributed by atoms with Crippen LogP contribution in [0.4, 0.5) is 30.7 Å². The van der Waals surface area contributed by atoms with Gasteiger partial charge in [0.15, 0.2) is 5.75 Å². The number of benzene rings is 1. The van der Waals surface area contributed by atoms with Gasteiger partial charge in [0.25, 0.3) is 0 Å². The fourth-order valence-electron chi connectivity index (χ4n) is 4.45. The number of alkyl halides is 6. The van der Waals surface area contributed by atoms with Crippen molar-refractivity contribution in [3.05, 3.63) is 66.3 Å². The second-order valence-electron chi connectivity index (χ2n) is 9.49. The number of sulfonamides is 1. The molecule has 0 spiro atoms. The number of carbonyl (C=O) groups is 1. The first-order chi connectivity index (χ1) is 19.5. The molecule has 4 rings (SSSR count). The maximum Gasteiger partial charge on any atom is 0.573 e. The minimum atomic E-state index is -5.16. The minimum absolute atomic E-state index is 0.0280. The first-order valence-corrected chi connectivity index (χ1v) is 13.6. The predicted molar refractivity (Wildman–Crippen MR) is 131 cm³/mol. The van der Waals surface area contributed by atoms with Crippen molar-refractivity contribution in [1.29, 1.82) is 0 Å². The van der Waals surface area contributed by atoms with Gasteiger partial charge in [-0.2, -0.15) is 17.5 Å². The Morgan fingerprint density at radius 2 is 1.64 bits per heavy atom. The van der Waals surface area contributed by atoms with Crippen molar-refractivity contribution in [3.8, 4) is 16.9 Å². The fourth-order valence-corrected chi connectivity index (χ4v) is 6.33. The Kier molecular flexibility index (Phi) is 8.46. The van der Waals surface area contributed by atoms with Crippen molar-refractivity contribution in [3.63, 3.8) is 0 Å². The van der Waals surface area contributed by atoms with Crippen LogP contribution in [0.1, 0.15) is 31.8 Å². The van der Waals surface area contributed by atoms with Gasteiger partial charge in [-0.15, -0.1) is 13.2 Å². The van der Waals surface area contributed by atoms with Crippen molar-refractivity contribution >= 4 is 15.9 Å². The first kappa shape index (κ1) is 31.1. The lowest BCUT2D eigenvalue weighted by Gasteiger charge is -2.27. The highest BCUT2D eigenvalue weighted by atomic mass is 32.2. The summed E-state index contributed by atoms with van der Waals surface area (Å²) in [5, 5.41) is 2.51. The molecule has 0 saturated carbocycles. The molecule has 0 unspecified atom stereocenters. The van der Waals surface area contributed by atoms with E-state index in [1.165, 1.54) is 0 Å². The second kappa shape index (κ2) is 11.4. The number of carbonyl (C=O) groups excluding carboxylic acids is 1. The van der Waals surface area contributed by atoms with Gasteiger partial charge in [0.05, 0.1) is 23.3 Å². The zero-order chi connectivity index (χ0) is 31.0. The molecule has 1 saturated heterocycles. The summed E-state index contributed by atoms with van der Waals surface area (Å²) in [6.07, 6.45) is -7.90. The average Bonchev–Trinajstić information content (AvgIpc) is 3.21. The normalized spacial score (nSPS) is 20.0. The Bertz CT molecular complexity index is 1550. The summed E-state index contributed by atoms with van der Waals surface area (Å²) in [6, 6.07) is 3.39. The summed E-state index contributed by atoms with van der Waals surface area (Å²) in [6.45, 7) is 2.99.